The molecule has 1 unspecified atom stereocenters. The Kier molecular flexibility index (Phi) is 6.29. The van der Waals surface area contributed by atoms with Crippen LogP contribution in [0.1, 0.15) is 30.1 Å². The quantitative estimate of drug-likeness (QED) is 0.574. The SMILES string of the molecule is CCC(CNC(=O)c1cc([N+](=O)[O-])ccc1Br)CC(=O)O. The van der Waals surface area contributed by atoms with E-state index in [0.29, 0.717) is 10.9 Å². The van der Waals surface area contributed by atoms with E-state index >= 15 is 0 Å². The Morgan fingerprint density at radius 3 is 2.67 bits per heavy atom. The highest BCUT2D eigenvalue weighted by Gasteiger charge is 2.17. The number of halogens is 1. The van der Waals surface area contributed by atoms with E-state index in [0.717, 1.165) is 0 Å². The van der Waals surface area contributed by atoms with Crippen LogP contribution < -0.4 is 5.32 Å². The highest BCUT2D eigenvalue weighted by atomic mass is 79.9. The number of hydrogen-bond acceptors (Lipinski definition) is 4. The Morgan fingerprint density at radius 1 is 1.48 bits per heavy atom. The summed E-state index contributed by atoms with van der Waals surface area (Å²) in [6, 6.07) is 3.90. The lowest BCUT2D eigenvalue weighted by atomic mass is 10.0. The molecule has 0 fully saturated rings. The second-order valence-corrected chi connectivity index (χ2v) is 5.36. The van der Waals surface area contributed by atoms with Gasteiger partial charge in [0.25, 0.3) is 11.6 Å². The number of carbonyl (C=O) groups is 2. The number of nitrogens with zero attached hydrogens (tertiary/aromatic N) is 1. The number of non-ortho nitro benzene ring substituents is 1. The Balaban J connectivity index is 2.77. The van der Waals surface area contributed by atoms with Crippen LogP contribution in [0.5, 0.6) is 0 Å². The lowest BCUT2D eigenvalue weighted by molar-refractivity contribution is -0.384. The van der Waals surface area contributed by atoms with Gasteiger partial charge in [-0.25, -0.2) is 0 Å². The number of nitrogens with one attached hydrogen (secondary N) is 1. The largest absolute Gasteiger partial charge is 0.481 e. The highest BCUT2D eigenvalue weighted by molar-refractivity contribution is 9.10. The Bertz CT molecular complexity index is 561. The van der Waals surface area contributed by atoms with Crippen LogP contribution in [0.25, 0.3) is 0 Å². The molecule has 114 valence electrons. The van der Waals surface area contributed by atoms with E-state index in [4.69, 9.17) is 5.11 Å². The van der Waals surface area contributed by atoms with Crippen molar-refractivity contribution in [2.75, 3.05) is 6.54 Å². The molecule has 1 aromatic rings. The fourth-order valence-corrected chi connectivity index (χ4v) is 2.17. The molecule has 0 bridgehead atoms. The molecule has 0 aliphatic rings. The van der Waals surface area contributed by atoms with Crippen LogP contribution in [0.2, 0.25) is 0 Å². The number of hydrogen-bond donors (Lipinski definition) is 2. The van der Waals surface area contributed by atoms with E-state index in [9.17, 15) is 19.7 Å². The third-order valence-corrected chi connectivity index (χ3v) is 3.69. The summed E-state index contributed by atoms with van der Waals surface area (Å²) in [5, 5.41) is 22.1. The number of rotatable bonds is 7. The fraction of sp³-hybridized carbons (Fsp3) is 0.385. The lowest BCUT2D eigenvalue weighted by Gasteiger charge is -2.13. The number of carboxylic acids is 1. The fourth-order valence-electron chi connectivity index (χ4n) is 1.74. The number of nitro groups is 1. The smallest absolute Gasteiger partial charge is 0.303 e. The highest BCUT2D eigenvalue weighted by Crippen LogP contribution is 2.22. The average molecular weight is 359 g/mol. The van der Waals surface area contributed by atoms with Crippen LogP contribution in [-0.4, -0.2) is 28.5 Å². The molecule has 0 aromatic heterocycles. The van der Waals surface area contributed by atoms with Gasteiger partial charge in [-0.15, -0.1) is 0 Å². The molecule has 0 saturated carbocycles. The molecule has 21 heavy (non-hydrogen) atoms. The Morgan fingerprint density at radius 2 is 2.14 bits per heavy atom. The first-order valence-electron chi connectivity index (χ1n) is 6.29. The summed E-state index contributed by atoms with van der Waals surface area (Å²) in [6.45, 7) is 2.04. The number of aliphatic carboxylic acids is 1. The summed E-state index contributed by atoms with van der Waals surface area (Å²) in [5.74, 6) is -1.58. The van der Waals surface area contributed by atoms with E-state index in [-0.39, 0.29) is 30.1 Å². The van der Waals surface area contributed by atoms with Gasteiger partial charge in [0.05, 0.1) is 10.5 Å². The summed E-state index contributed by atoms with van der Waals surface area (Å²) < 4.78 is 0.442. The molecule has 1 amide bonds. The van der Waals surface area contributed by atoms with Crippen molar-refractivity contribution in [2.24, 2.45) is 5.92 Å². The van der Waals surface area contributed by atoms with Crippen LogP contribution in [-0.2, 0) is 4.79 Å². The van der Waals surface area contributed by atoms with Crippen LogP contribution in [0.3, 0.4) is 0 Å². The zero-order chi connectivity index (χ0) is 16.0. The molecule has 2 N–H and O–H groups in total. The minimum Gasteiger partial charge on any atom is -0.481 e. The standard InChI is InChI=1S/C13H15BrN2O5/c1-2-8(5-12(17)18)7-15-13(19)10-6-9(16(20)21)3-4-11(10)14/h3-4,6,8H,2,5,7H2,1H3,(H,15,19)(H,17,18). The maximum absolute atomic E-state index is 12.0. The first-order chi connectivity index (χ1) is 9.85. The number of amides is 1. The zero-order valence-electron chi connectivity index (χ0n) is 11.3. The number of benzene rings is 1. The van der Waals surface area contributed by atoms with Crippen LogP contribution in [0.4, 0.5) is 5.69 Å². The molecular weight excluding hydrogens is 344 g/mol. The van der Waals surface area contributed by atoms with Gasteiger partial charge in [-0.05, 0) is 27.9 Å². The predicted octanol–water partition coefficient (Wildman–Crippen LogP) is 2.59. The third kappa shape index (κ3) is 5.14. The summed E-state index contributed by atoms with van der Waals surface area (Å²) >= 11 is 3.17. The summed E-state index contributed by atoms with van der Waals surface area (Å²) in [4.78, 5) is 32.8. The average Bonchev–Trinajstić information content (AvgIpc) is 2.42. The maximum atomic E-state index is 12.0. The van der Waals surface area contributed by atoms with Gasteiger partial charge in [0, 0.05) is 29.6 Å². The van der Waals surface area contributed by atoms with E-state index in [1.807, 2.05) is 6.92 Å². The molecule has 0 aliphatic carbocycles. The molecule has 1 atom stereocenters. The molecule has 0 saturated heterocycles. The van der Waals surface area contributed by atoms with E-state index in [1.54, 1.807) is 0 Å². The minimum atomic E-state index is -0.923. The molecule has 1 rings (SSSR count). The molecule has 7 nitrogen and oxygen atoms in total. The summed E-state index contributed by atoms with van der Waals surface area (Å²) in [6.07, 6.45) is 0.579. The maximum Gasteiger partial charge on any atom is 0.303 e. The van der Waals surface area contributed by atoms with Gasteiger partial charge in [-0.2, -0.15) is 0 Å². The predicted molar refractivity (Wildman–Crippen MR) is 79.2 cm³/mol. The number of carboxylic acid groups (broad SMARTS) is 1. The lowest BCUT2D eigenvalue weighted by Crippen LogP contribution is -2.30. The Hall–Kier alpha value is -1.96. The van der Waals surface area contributed by atoms with Crippen molar-refractivity contribution >= 4 is 33.5 Å². The van der Waals surface area contributed by atoms with Crippen molar-refractivity contribution in [1.82, 2.24) is 5.32 Å². The van der Waals surface area contributed by atoms with Gasteiger partial charge in [0.15, 0.2) is 0 Å². The second-order valence-electron chi connectivity index (χ2n) is 4.50. The van der Waals surface area contributed by atoms with E-state index < -0.39 is 16.8 Å². The molecule has 0 aliphatic heterocycles. The normalized spacial score (nSPS) is 11.7. The van der Waals surface area contributed by atoms with Crippen molar-refractivity contribution in [2.45, 2.75) is 19.8 Å². The molecule has 1 aromatic carbocycles. The van der Waals surface area contributed by atoms with Crippen molar-refractivity contribution in [1.29, 1.82) is 0 Å². The van der Waals surface area contributed by atoms with Gasteiger partial charge in [0.1, 0.15) is 0 Å². The van der Waals surface area contributed by atoms with Crippen molar-refractivity contribution in [3.63, 3.8) is 0 Å². The van der Waals surface area contributed by atoms with Crippen LogP contribution in [0, 0.1) is 16.0 Å². The zero-order valence-corrected chi connectivity index (χ0v) is 12.9. The van der Waals surface area contributed by atoms with Crippen molar-refractivity contribution in [3.8, 4) is 0 Å². The van der Waals surface area contributed by atoms with Crippen molar-refractivity contribution in [3.05, 3.63) is 38.3 Å². The van der Waals surface area contributed by atoms with Gasteiger partial charge in [-0.3, -0.25) is 19.7 Å². The molecule has 0 radical (unpaired) electrons. The summed E-state index contributed by atoms with van der Waals surface area (Å²) in [7, 11) is 0. The van der Waals surface area contributed by atoms with Gasteiger partial charge in [-0.1, -0.05) is 13.3 Å². The summed E-state index contributed by atoms with van der Waals surface area (Å²) in [5.41, 5.74) is -0.0321. The second kappa shape index (κ2) is 7.72. The molecule has 0 spiro atoms. The Labute approximate surface area is 129 Å². The topological polar surface area (TPSA) is 110 Å². The monoisotopic (exact) mass is 358 g/mol. The van der Waals surface area contributed by atoms with Gasteiger partial charge in [0.2, 0.25) is 0 Å². The van der Waals surface area contributed by atoms with Gasteiger partial charge < -0.3 is 10.4 Å². The van der Waals surface area contributed by atoms with E-state index in [1.165, 1.54) is 18.2 Å². The van der Waals surface area contributed by atoms with Crippen molar-refractivity contribution < 1.29 is 19.6 Å². The molecule has 8 heteroatoms. The third-order valence-electron chi connectivity index (χ3n) is 3.00. The van der Waals surface area contributed by atoms with Crippen LogP contribution in [0.15, 0.2) is 22.7 Å². The number of carbonyl (C=O) groups excluding carboxylic acids is 1. The first kappa shape index (κ1) is 17.1. The minimum absolute atomic E-state index is 0.0348. The first-order valence-corrected chi connectivity index (χ1v) is 7.08. The molecule has 0 heterocycles. The van der Waals surface area contributed by atoms with Crippen LogP contribution >= 0.6 is 15.9 Å². The van der Waals surface area contributed by atoms with E-state index in [2.05, 4.69) is 21.2 Å². The molecular formula is C13H15BrN2O5. The van der Waals surface area contributed by atoms with Gasteiger partial charge >= 0.3 is 5.97 Å². The number of nitro benzene ring substituents is 1.